The fourth-order valence-electron chi connectivity index (χ4n) is 3.09. The smallest absolute Gasteiger partial charge is 0.230 e. The minimum atomic E-state index is -0.919. The van der Waals surface area contributed by atoms with Gasteiger partial charge in [-0.3, -0.25) is 0 Å². The Balaban J connectivity index is 1.64. The van der Waals surface area contributed by atoms with E-state index in [4.69, 9.17) is 4.74 Å². The van der Waals surface area contributed by atoms with Crippen molar-refractivity contribution in [2.24, 2.45) is 0 Å². The predicted molar refractivity (Wildman–Crippen MR) is 105 cm³/mol. The summed E-state index contributed by atoms with van der Waals surface area (Å²) in [5.41, 5.74) is 0.680. The molecule has 136 valence electrons. The van der Waals surface area contributed by atoms with Crippen molar-refractivity contribution in [2.75, 3.05) is 20.1 Å². The van der Waals surface area contributed by atoms with Crippen LogP contribution in [-0.2, 0) is 0 Å². The molecule has 1 saturated heterocycles. The summed E-state index contributed by atoms with van der Waals surface area (Å²) in [5, 5.41) is 11.5. The summed E-state index contributed by atoms with van der Waals surface area (Å²) in [6.07, 6.45) is 2.82. The number of hydrogen-bond acceptors (Lipinski definition) is 5. The van der Waals surface area contributed by atoms with Crippen molar-refractivity contribution in [1.82, 2.24) is 14.9 Å². The van der Waals surface area contributed by atoms with Crippen LogP contribution in [0.4, 0.5) is 0 Å². The third-order valence-electron chi connectivity index (χ3n) is 4.81. The summed E-state index contributed by atoms with van der Waals surface area (Å²) in [7, 11) is 2.06. The van der Waals surface area contributed by atoms with Crippen molar-refractivity contribution < 1.29 is 9.84 Å². The molecule has 0 aliphatic carbocycles. The lowest BCUT2D eigenvalue weighted by molar-refractivity contribution is 0.0350. The molecule has 1 N–H and O–H groups in total. The number of para-hydroxylation sites is 1. The minimum absolute atomic E-state index is 0.493. The third kappa shape index (κ3) is 4.08. The number of likely N-dealkylation sites (tertiary alicyclic amines) is 1. The third-order valence-corrected chi connectivity index (χ3v) is 4.81. The number of rotatable bonds is 2. The molecule has 27 heavy (non-hydrogen) atoms. The molecule has 0 spiro atoms. The number of piperidine rings is 1. The van der Waals surface area contributed by atoms with Crippen LogP contribution in [0.25, 0.3) is 10.9 Å². The second-order valence-electron chi connectivity index (χ2n) is 6.91. The zero-order valence-electron chi connectivity index (χ0n) is 15.2. The molecule has 0 bridgehead atoms. The standard InChI is InChI=1S/C22H21N3O2/c1-25-13-11-22(26,12-14-25)10-9-17-7-8-20-19(15-17)21(24-16-23-20)27-18-5-3-2-4-6-18/h2-8,15-16,26H,11-14H2,1H3. The van der Waals surface area contributed by atoms with Gasteiger partial charge in [-0.2, -0.15) is 0 Å². The molecular formula is C22H21N3O2. The van der Waals surface area contributed by atoms with E-state index in [0.29, 0.717) is 18.7 Å². The van der Waals surface area contributed by atoms with E-state index in [1.807, 2.05) is 48.5 Å². The van der Waals surface area contributed by atoms with Gasteiger partial charge in [0.25, 0.3) is 0 Å². The lowest BCUT2D eigenvalue weighted by Crippen LogP contribution is -2.41. The molecule has 1 aliphatic heterocycles. The van der Waals surface area contributed by atoms with E-state index in [1.165, 1.54) is 6.33 Å². The molecule has 0 unspecified atom stereocenters. The Labute approximate surface area is 158 Å². The van der Waals surface area contributed by atoms with Crippen LogP contribution >= 0.6 is 0 Å². The molecule has 0 amide bonds. The molecule has 0 atom stereocenters. The van der Waals surface area contributed by atoms with Crippen molar-refractivity contribution in [1.29, 1.82) is 0 Å². The van der Waals surface area contributed by atoms with E-state index in [9.17, 15) is 5.11 Å². The Hall–Kier alpha value is -2.94. The summed E-state index contributed by atoms with van der Waals surface area (Å²) in [6.45, 7) is 1.71. The lowest BCUT2D eigenvalue weighted by atomic mass is 9.92. The molecule has 1 fully saturated rings. The Morgan fingerprint density at radius 1 is 1.07 bits per heavy atom. The monoisotopic (exact) mass is 359 g/mol. The second kappa shape index (κ2) is 7.36. The van der Waals surface area contributed by atoms with E-state index in [2.05, 4.69) is 33.8 Å². The summed E-state index contributed by atoms with van der Waals surface area (Å²) < 4.78 is 5.92. The molecule has 0 saturated carbocycles. The summed E-state index contributed by atoms with van der Waals surface area (Å²) >= 11 is 0. The molecule has 5 heteroatoms. The molecule has 5 nitrogen and oxygen atoms in total. The average molecular weight is 359 g/mol. The quantitative estimate of drug-likeness (QED) is 0.712. The highest BCUT2D eigenvalue weighted by Crippen LogP contribution is 2.27. The molecule has 0 radical (unpaired) electrons. The Kier molecular flexibility index (Phi) is 4.76. The van der Waals surface area contributed by atoms with Crippen molar-refractivity contribution in [3.05, 3.63) is 60.4 Å². The number of ether oxygens (including phenoxy) is 1. The van der Waals surface area contributed by atoms with Crippen LogP contribution in [0, 0.1) is 11.8 Å². The van der Waals surface area contributed by atoms with Crippen molar-refractivity contribution in [2.45, 2.75) is 18.4 Å². The van der Waals surface area contributed by atoms with Gasteiger partial charge in [0.2, 0.25) is 5.88 Å². The Morgan fingerprint density at radius 2 is 1.85 bits per heavy atom. The maximum atomic E-state index is 10.7. The predicted octanol–water partition coefficient (Wildman–Crippen LogP) is 3.23. The molecule has 4 rings (SSSR count). The lowest BCUT2D eigenvalue weighted by Gasteiger charge is -2.32. The molecule has 1 aromatic heterocycles. The highest BCUT2D eigenvalue weighted by atomic mass is 16.5. The molecule has 2 heterocycles. The number of fused-ring (bicyclic) bond motifs is 1. The minimum Gasteiger partial charge on any atom is -0.438 e. The van der Waals surface area contributed by atoms with Gasteiger partial charge >= 0.3 is 0 Å². The Bertz CT molecular complexity index is 1000. The largest absolute Gasteiger partial charge is 0.438 e. The molecule has 3 aromatic rings. The number of hydrogen-bond donors (Lipinski definition) is 1. The van der Waals surface area contributed by atoms with E-state index >= 15 is 0 Å². The zero-order valence-corrected chi connectivity index (χ0v) is 15.2. The molecule has 2 aromatic carbocycles. The first-order valence-electron chi connectivity index (χ1n) is 9.03. The molecular weight excluding hydrogens is 338 g/mol. The van der Waals surface area contributed by atoms with Gasteiger partial charge in [0, 0.05) is 31.5 Å². The van der Waals surface area contributed by atoms with Gasteiger partial charge in [0.15, 0.2) is 0 Å². The van der Waals surface area contributed by atoms with Crippen LogP contribution in [0.1, 0.15) is 18.4 Å². The van der Waals surface area contributed by atoms with E-state index in [0.717, 1.165) is 35.3 Å². The van der Waals surface area contributed by atoms with Gasteiger partial charge < -0.3 is 14.7 Å². The number of nitrogens with zero attached hydrogens (tertiary/aromatic N) is 3. The van der Waals surface area contributed by atoms with Gasteiger partial charge in [-0.1, -0.05) is 30.0 Å². The zero-order chi connectivity index (χ0) is 18.7. The van der Waals surface area contributed by atoms with Crippen LogP contribution in [0.5, 0.6) is 11.6 Å². The number of aliphatic hydroxyl groups is 1. The van der Waals surface area contributed by atoms with Crippen LogP contribution in [0.3, 0.4) is 0 Å². The van der Waals surface area contributed by atoms with E-state index in [-0.39, 0.29) is 0 Å². The van der Waals surface area contributed by atoms with Crippen LogP contribution in [-0.4, -0.2) is 45.7 Å². The first-order chi connectivity index (χ1) is 13.1. The fraction of sp³-hybridized carbons (Fsp3) is 0.273. The van der Waals surface area contributed by atoms with Gasteiger partial charge in [-0.25, -0.2) is 9.97 Å². The van der Waals surface area contributed by atoms with Gasteiger partial charge in [0.1, 0.15) is 17.7 Å². The van der Waals surface area contributed by atoms with Crippen molar-refractivity contribution >= 4 is 10.9 Å². The van der Waals surface area contributed by atoms with Gasteiger partial charge in [-0.15, -0.1) is 0 Å². The maximum Gasteiger partial charge on any atom is 0.230 e. The summed E-state index contributed by atoms with van der Waals surface area (Å²) in [4.78, 5) is 10.8. The number of aromatic nitrogens is 2. The van der Waals surface area contributed by atoms with E-state index in [1.54, 1.807) is 0 Å². The highest BCUT2D eigenvalue weighted by Gasteiger charge is 2.28. The molecule has 1 aliphatic rings. The SMILES string of the molecule is CN1CCC(O)(C#Cc2ccc3ncnc(Oc4ccccc4)c3c2)CC1. The summed E-state index contributed by atoms with van der Waals surface area (Å²) in [5.74, 6) is 7.40. The average Bonchev–Trinajstić information content (AvgIpc) is 2.70. The normalized spacial score (nSPS) is 16.5. The van der Waals surface area contributed by atoms with E-state index < -0.39 is 5.60 Å². The van der Waals surface area contributed by atoms with Crippen LogP contribution in [0.2, 0.25) is 0 Å². The summed E-state index contributed by atoms with van der Waals surface area (Å²) in [6, 6.07) is 15.3. The highest BCUT2D eigenvalue weighted by molar-refractivity contribution is 5.84. The fourth-order valence-corrected chi connectivity index (χ4v) is 3.09. The topological polar surface area (TPSA) is 58.5 Å². The van der Waals surface area contributed by atoms with Crippen LogP contribution < -0.4 is 4.74 Å². The van der Waals surface area contributed by atoms with Gasteiger partial charge in [0.05, 0.1) is 10.9 Å². The Morgan fingerprint density at radius 3 is 2.63 bits per heavy atom. The first kappa shape index (κ1) is 17.5. The van der Waals surface area contributed by atoms with Crippen molar-refractivity contribution in [3.63, 3.8) is 0 Å². The van der Waals surface area contributed by atoms with Crippen molar-refractivity contribution in [3.8, 4) is 23.5 Å². The number of benzene rings is 2. The van der Waals surface area contributed by atoms with Crippen LogP contribution in [0.15, 0.2) is 54.9 Å². The first-order valence-corrected chi connectivity index (χ1v) is 9.03. The van der Waals surface area contributed by atoms with Gasteiger partial charge in [-0.05, 0) is 37.4 Å². The second-order valence-corrected chi connectivity index (χ2v) is 6.91. The maximum absolute atomic E-state index is 10.7.